The van der Waals surface area contributed by atoms with Gasteiger partial charge >= 0.3 is 0 Å². The summed E-state index contributed by atoms with van der Waals surface area (Å²) in [6, 6.07) is 6.06. The molecule has 1 aromatic carbocycles. The van der Waals surface area contributed by atoms with E-state index in [0.717, 1.165) is 31.7 Å². The molecule has 0 saturated carbocycles. The van der Waals surface area contributed by atoms with Crippen LogP contribution < -0.4 is 5.73 Å². The van der Waals surface area contributed by atoms with Crippen molar-refractivity contribution in [1.29, 1.82) is 0 Å². The van der Waals surface area contributed by atoms with Crippen LogP contribution in [0.1, 0.15) is 24.9 Å². The maximum absolute atomic E-state index is 6.12. The Hall–Kier alpha value is -0.320. The third-order valence-corrected chi connectivity index (χ3v) is 4.68. The lowest BCUT2D eigenvalue weighted by Crippen LogP contribution is -2.49. The molecule has 1 fully saturated rings. The standard InChI is InChI=1S/C15H23Cl2N3/c1-2-5-19-6-8-20(9-7-19)15(11-18)12-3-4-13(16)14(17)10-12/h3-4,10,15H,2,5-9,11,18H2,1H3. The largest absolute Gasteiger partial charge is 0.329 e. The molecule has 1 atom stereocenters. The molecule has 20 heavy (non-hydrogen) atoms. The van der Waals surface area contributed by atoms with Gasteiger partial charge in [-0.2, -0.15) is 0 Å². The van der Waals surface area contributed by atoms with Gasteiger partial charge in [0.15, 0.2) is 0 Å². The first-order valence-corrected chi connectivity index (χ1v) is 8.02. The van der Waals surface area contributed by atoms with E-state index in [1.165, 1.54) is 13.0 Å². The smallest absolute Gasteiger partial charge is 0.0595 e. The Bertz CT molecular complexity index is 431. The van der Waals surface area contributed by atoms with Gasteiger partial charge in [-0.15, -0.1) is 0 Å². The number of benzene rings is 1. The highest BCUT2D eigenvalue weighted by atomic mass is 35.5. The molecule has 112 valence electrons. The van der Waals surface area contributed by atoms with Gasteiger partial charge in [0.25, 0.3) is 0 Å². The van der Waals surface area contributed by atoms with Gasteiger partial charge < -0.3 is 10.6 Å². The molecule has 1 saturated heterocycles. The SMILES string of the molecule is CCCN1CCN(C(CN)c2ccc(Cl)c(Cl)c2)CC1. The van der Waals surface area contributed by atoms with Gasteiger partial charge in [0.2, 0.25) is 0 Å². The monoisotopic (exact) mass is 315 g/mol. The predicted octanol–water partition coefficient (Wildman–Crippen LogP) is 3.02. The zero-order valence-corrected chi connectivity index (χ0v) is 13.5. The fourth-order valence-electron chi connectivity index (χ4n) is 2.83. The zero-order valence-electron chi connectivity index (χ0n) is 12.0. The normalized spacial score (nSPS) is 19.2. The van der Waals surface area contributed by atoms with E-state index in [1.54, 1.807) is 0 Å². The van der Waals surface area contributed by atoms with Crippen LogP contribution in [0.5, 0.6) is 0 Å². The highest BCUT2D eigenvalue weighted by Gasteiger charge is 2.24. The summed E-state index contributed by atoms with van der Waals surface area (Å²) < 4.78 is 0. The van der Waals surface area contributed by atoms with Gasteiger partial charge in [-0.25, -0.2) is 0 Å². The van der Waals surface area contributed by atoms with Gasteiger partial charge in [-0.3, -0.25) is 4.90 Å². The van der Waals surface area contributed by atoms with Crippen LogP contribution in [0.3, 0.4) is 0 Å². The van der Waals surface area contributed by atoms with Crippen molar-refractivity contribution in [2.75, 3.05) is 39.3 Å². The number of nitrogens with two attached hydrogens (primary N) is 1. The summed E-state index contributed by atoms with van der Waals surface area (Å²) in [5.74, 6) is 0. The molecule has 0 aliphatic carbocycles. The molecule has 1 aromatic rings. The minimum absolute atomic E-state index is 0.230. The molecule has 2 rings (SSSR count). The average Bonchev–Trinajstić information content (AvgIpc) is 2.46. The Labute approximate surface area is 131 Å². The van der Waals surface area contributed by atoms with Crippen LogP contribution in [0, 0.1) is 0 Å². The van der Waals surface area contributed by atoms with Gasteiger partial charge in [0.1, 0.15) is 0 Å². The lowest BCUT2D eigenvalue weighted by Gasteiger charge is -2.39. The van der Waals surface area contributed by atoms with Crippen molar-refractivity contribution < 1.29 is 0 Å². The van der Waals surface area contributed by atoms with E-state index in [9.17, 15) is 0 Å². The van der Waals surface area contributed by atoms with E-state index in [0.29, 0.717) is 16.6 Å². The van der Waals surface area contributed by atoms with Crippen LogP contribution >= 0.6 is 23.2 Å². The Balaban J connectivity index is 2.03. The third-order valence-electron chi connectivity index (χ3n) is 3.94. The molecular weight excluding hydrogens is 293 g/mol. The predicted molar refractivity (Wildman–Crippen MR) is 86.6 cm³/mol. The topological polar surface area (TPSA) is 32.5 Å². The van der Waals surface area contributed by atoms with E-state index in [1.807, 2.05) is 18.2 Å². The summed E-state index contributed by atoms with van der Waals surface area (Å²) in [5.41, 5.74) is 7.14. The van der Waals surface area contributed by atoms with Crippen LogP contribution in [-0.2, 0) is 0 Å². The molecule has 1 heterocycles. The summed E-state index contributed by atoms with van der Waals surface area (Å²) in [4.78, 5) is 4.96. The van der Waals surface area contributed by atoms with Crippen LogP contribution in [-0.4, -0.2) is 49.1 Å². The molecule has 1 aliphatic rings. The van der Waals surface area contributed by atoms with Crippen molar-refractivity contribution in [3.63, 3.8) is 0 Å². The van der Waals surface area contributed by atoms with Crippen molar-refractivity contribution in [1.82, 2.24) is 9.80 Å². The Morgan fingerprint density at radius 1 is 1.15 bits per heavy atom. The van der Waals surface area contributed by atoms with Crippen LogP contribution in [0.4, 0.5) is 0 Å². The van der Waals surface area contributed by atoms with Crippen LogP contribution in [0.25, 0.3) is 0 Å². The minimum Gasteiger partial charge on any atom is -0.329 e. The van der Waals surface area contributed by atoms with E-state index >= 15 is 0 Å². The number of halogens is 2. The molecule has 1 aliphatic heterocycles. The molecule has 5 heteroatoms. The molecule has 3 nitrogen and oxygen atoms in total. The van der Waals surface area contributed by atoms with Gasteiger partial charge in [0.05, 0.1) is 10.0 Å². The fourth-order valence-corrected chi connectivity index (χ4v) is 3.14. The summed E-state index contributed by atoms with van der Waals surface area (Å²) in [6.07, 6.45) is 1.22. The highest BCUT2D eigenvalue weighted by Crippen LogP contribution is 2.28. The van der Waals surface area contributed by atoms with E-state index < -0.39 is 0 Å². The summed E-state index contributed by atoms with van der Waals surface area (Å²) in [5, 5.41) is 1.20. The van der Waals surface area contributed by atoms with Gasteiger partial charge in [0, 0.05) is 38.8 Å². The second-order valence-electron chi connectivity index (χ2n) is 5.30. The summed E-state index contributed by atoms with van der Waals surface area (Å²) in [7, 11) is 0. The molecular formula is C15H23Cl2N3. The highest BCUT2D eigenvalue weighted by molar-refractivity contribution is 6.42. The molecule has 0 spiro atoms. The van der Waals surface area contributed by atoms with Gasteiger partial charge in [-0.05, 0) is 30.7 Å². The average molecular weight is 316 g/mol. The molecule has 0 bridgehead atoms. The second-order valence-corrected chi connectivity index (χ2v) is 6.12. The maximum Gasteiger partial charge on any atom is 0.0595 e. The number of rotatable bonds is 5. The van der Waals surface area contributed by atoms with E-state index in [4.69, 9.17) is 28.9 Å². The number of nitrogens with zero attached hydrogens (tertiary/aromatic N) is 2. The number of piperazine rings is 1. The third kappa shape index (κ3) is 3.86. The Morgan fingerprint density at radius 3 is 2.40 bits per heavy atom. The number of hydrogen-bond donors (Lipinski definition) is 1. The summed E-state index contributed by atoms with van der Waals surface area (Å²) >= 11 is 12.1. The van der Waals surface area contributed by atoms with Crippen molar-refractivity contribution in [2.45, 2.75) is 19.4 Å². The minimum atomic E-state index is 0.230. The molecule has 0 amide bonds. The number of hydrogen-bond acceptors (Lipinski definition) is 3. The van der Waals surface area contributed by atoms with Gasteiger partial charge in [-0.1, -0.05) is 36.2 Å². The first-order chi connectivity index (χ1) is 9.65. The molecule has 1 unspecified atom stereocenters. The van der Waals surface area contributed by atoms with Crippen LogP contribution in [0.15, 0.2) is 18.2 Å². The van der Waals surface area contributed by atoms with Crippen molar-refractivity contribution in [2.24, 2.45) is 5.73 Å². The summed E-state index contributed by atoms with van der Waals surface area (Å²) in [6.45, 7) is 8.37. The molecule has 0 aromatic heterocycles. The first kappa shape index (κ1) is 16.1. The Morgan fingerprint density at radius 2 is 1.85 bits per heavy atom. The van der Waals surface area contributed by atoms with Crippen molar-refractivity contribution in [3.05, 3.63) is 33.8 Å². The quantitative estimate of drug-likeness (QED) is 0.906. The Kier molecular flexibility index (Phi) is 6.12. The zero-order chi connectivity index (χ0) is 14.5. The van der Waals surface area contributed by atoms with Crippen molar-refractivity contribution in [3.8, 4) is 0 Å². The van der Waals surface area contributed by atoms with Crippen molar-refractivity contribution >= 4 is 23.2 Å². The van der Waals surface area contributed by atoms with E-state index in [2.05, 4.69) is 16.7 Å². The fraction of sp³-hybridized carbons (Fsp3) is 0.600. The first-order valence-electron chi connectivity index (χ1n) is 7.27. The second kappa shape index (κ2) is 7.62. The van der Waals surface area contributed by atoms with E-state index in [-0.39, 0.29) is 6.04 Å². The maximum atomic E-state index is 6.12. The lowest BCUT2D eigenvalue weighted by molar-refractivity contribution is 0.0985. The van der Waals surface area contributed by atoms with Crippen LogP contribution in [0.2, 0.25) is 10.0 Å². The lowest BCUT2D eigenvalue weighted by atomic mass is 10.0. The molecule has 0 radical (unpaired) electrons. The molecule has 2 N–H and O–H groups in total.